The fraction of sp³-hybridized carbons (Fsp3) is 0.300. The van der Waals surface area contributed by atoms with Crippen LogP contribution in [-0.4, -0.2) is 44.1 Å². The molecule has 1 aliphatic heterocycles. The van der Waals surface area contributed by atoms with E-state index in [-0.39, 0.29) is 11.8 Å². The molecule has 1 atom stereocenters. The van der Waals surface area contributed by atoms with E-state index in [9.17, 15) is 18.0 Å². The SMILES string of the molecule is O=C(c1ccn[nH]1)N1CCC[C@H](c2cncc(-c3cccc(C(F)(F)F)c3)n2)C1. The first-order valence-corrected chi connectivity index (χ1v) is 9.20. The second-order valence-electron chi connectivity index (χ2n) is 6.97. The summed E-state index contributed by atoms with van der Waals surface area (Å²) in [5, 5.41) is 6.49. The quantitative estimate of drug-likeness (QED) is 0.722. The molecule has 2 aromatic heterocycles. The van der Waals surface area contributed by atoms with E-state index in [1.807, 2.05) is 0 Å². The molecule has 1 amide bonds. The number of carbonyl (C=O) groups excluding carboxylic acids is 1. The van der Waals surface area contributed by atoms with Crippen LogP contribution in [0.15, 0.2) is 48.9 Å². The average molecular weight is 401 g/mol. The number of nitrogens with zero attached hydrogens (tertiary/aromatic N) is 4. The van der Waals surface area contributed by atoms with E-state index in [1.165, 1.54) is 18.5 Å². The Balaban J connectivity index is 1.56. The van der Waals surface area contributed by atoms with Crippen LogP contribution in [0.25, 0.3) is 11.3 Å². The van der Waals surface area contributed by atoms with Crippen molar-refractivity contribution < 1.29 is 18.0 Å². The van der Waals surface area contributed by atoms with Crippen molar-refractivity contribution in [2.45, 2.75) is 24.9 Å². The summed E-state index contributed by atoms with van der Waals surface area (Å²) in [6.45, 7) is 1.10. The molecule has 1 N–H and O–H groups in total. The Hall–Kier alpha value is -3.23. The van der Waals surface area contributed by atoms with Crippen molar-refractivity contribution >= 4 is 5.91 Å². The van der Waals surface area contributed by atoms with Gasteiger partial charge in [0.25, 0.3) is 5.91 Å². The number of likely N-dealkylation sites (tertiary alicyclic amines) is 1. The molecule has 3 heterocycles. The molecule has 150 valence electrons. The number of aromatic amines is 1. The van der Waals surface area contributed by atoms with E-state index in [1.54, 1.807) is 23.2 Å². The van der Waals surface area contributed by atoms with Gasteiger partial charge in [0, 0.05) is 37.0 Å². The van der Waals surface area contributed by atoms with Gasteiger partial charge in [-0.2, -0.15) is 18.3 Å². The number of piperidine rings is 1. The summed E-state index contributed by atoms with van der Waals surface area (Å²) in [4.78, 5) is 23.0. The van der Waals surface area contributed by atoms with Gasteiger partial charge in [0.05, 0.1) is 23.1 Å². The molecule has 0 saturated carbocycles. The summed E-state index contributed by atoms with van der Waals surface area (Å²) >= 11 is 0. The van der Waals surface area contributed by atoms with E-state index in [2.05, 4.69) is 20.2 Å². The number of hydrogen-bond donors (Lipinski definition) is 1. The number of H-pyrrole nitrogens is 1. The van der Waals surface area contributed by atoms with Crippen molar-refractivity contribution in [3.8, 4) is 11.3 Å². The van der Waals surface area contributed by atoms with Gasteiger partial charge in [0.1, 0.15) is 5.69 Å². The minimum atomic E-state index is -4.42. The molecule has 29 heavy (non-hydrogen) atoms. The first kappa shape index (κ1) is 19.1. The van der Waals surface area contributed by atoms with Crippen molar-refractivity contribution in [2.75, 3.05) is 13.1 Å². The Morgan fingerprint density at radius 2 is 2.07 bits per heavy atom. The third kappa shape index (κ3) is 4.13. The smallest absolute Gasteiger partial charge is 0.337 e. The Morgan fingerprint density at radius 1 is 1.21 bits per heavy atom. The van der Waals surface area contributed by atoms with E-state index < -0.39 is 11.7 Å². The number of amides is 1. The van der Waals surface area contributed by atoms with Gasteiger partial charge in [-0.25, -0.2) is 4.98 Å². The zero-order valence-corrected chi connectivity index (χ0v) is 15.4. The molecule has 0 radical (unpaired) electrons. The Kier molecular flexibility index (Phi) is 5.04. The summed E-state index contributed by atoms with van der Waals surface area (Å²) in [6.07, 6.45) is 1.81. The van der Waals surface area contributed by atoms with Gasteiger partial charge in [-0.1, -0.05) is 12.1 Å². The molecule has 6 nitrogen and oxygen atoms in total. The van der Waals surface area contributed by atoms with Crippen LogP contribution in [0.5, 0.6) is 0 Å². The molecule has 1 saturated heterocycles. The van der Waals surface area contributed by atoms with E-state index in [0.717, 1.165) is 25.0 Å². The van der Waals surface area contributed by atoms with Crippen LogP contribution in [-0.2, 0) is 6.18 Å². The predicted molar refractivity (Wildman–Crippen MR) is 98.9 cm³/mol. The monoisotopic (exact) mass is 401 g/mol. The molecule has 1 aliphatic rings. The fourth-order valence-corrected chi connectivity index (χ4v) is 3.52. The fourth-order valence-electron chi connectivity index (χ4n) is 3.52. The second-order valence-corrected chi connectivity index (χ2v) is 6.97. The molecule has 1 aromatic carbocycles. The van der Waals surface area contributed by atoms with Gasteiger partial charge in [0.2, 0.25) is 0 Å². The van der Waals surface area contributed by atoms with Gasteiger partial charge < -0.3 is 4.90 Å². The number of nitrogens with one attached hydrogen (secondary N) is 1. The lowest BCUT2D eigenvalue weighted by Gasteiger charge is -2.32. The maximum atomic E-state index is 13.0. The lowest BCUT2D eigenvalue weighted by Crippen LogP contribution is -2.39. The first-order valence-electron chi connectivity index (χ1n) is 9.20. The molecule has 4 rings (SSSR count). The molecule has 3 aromatic rings. The van der Waals surface area contributed by atoms with Crippen LogP contribution in [0.3, 0.4) is 0 Å². The predicted octanol–water partition coefficient (Wildman–Crippen LogP) is 3.91. The lowest BCUT2D eigenvalue weighted by atomic mass is 9.94. The highest BCUT2D eigenvalue weighted by molar-refractivity contribution is 5.92. The van der Waals surface area contributed by atoms with Crippen molar-refractivity contribution in [2.24, 2.45) is 0 Å². The molecule has 0 aliphatic carbocycles. The normalized spacial score (nSPS) is 17.3. The third-order valence-electron chi connectivity index (χ3n) is 5.00. The van der Waals surface area contributed by atoms with Gasteiger partial charge in [-0.15, -0.1) is 0 Å². The van der Waals surface area contributed by atoms with E-state index in [0.29, 0.717) is 35.7 Å². The van der Waals surface area contributed by atoms with E-state index >= 15 is 0 Å². The highest BCUT2D eigenvalue weighted by atomic mass is 19.4. The summed E-state index contributed by atoms with van der Waals surface area (Å²) in [7, 11) is 0. The third-order valence-corrected chi connectivity index (χ3v) is 5.00. The molecule has 9 heteroatoms. The van der Waals surface area contributed by atoms with Crippen molar-refractivity contribution in [1.29, 1.82) is 0 Å². The van der Waals surface area contributed by atoms with Crippen LogP contribution < -0.4 is 0 Å². The average Bonchev–Trinajstić information content (AvgIpc) is 3.28. The Labute approximate surface area is 164 Å². The summed E-state index contributed by atoms with van der Waals surface area (Å²) in [5.74, 6) is -0.164. The van der Waals surface area contributed by atoms with Gasteiger partial charge in [-0.3, -0.25) is 14.9 Å². The van der Waals surface area contributed by atoms with E-state index in [4.69, 9.17) is 0 Å². The molecule has 0 bridgehead atoms. The van der Waals surface area contributed by atoms with Crippen molar-refractivity contribution in [3.05, 3.63) is 65.9 Å². The van der Waals surface area contributed by atoms with Crippen LogP contribution in [0.2, 0.25) is 0 Å². The molecule has 0 unspecified atom stereocenters. The van der Waals surface area contributed by atoms with Crippen LogP contribution in [0, 0.1) is 0 Å². The summed E-state index contributed by atoms with van der Waals surface area (Å²) in [6, 6.07) is 6.67. The Bertz CT molecular complexity index is 1000. The lowest BCUT2D eigenvalue weighted by molar-refractivity contribution is -0.137. The van der Waals surface area contributed by atoms with Crippen LogP contribution in [0.1, 0.15) is 40.5 Å². The van der Waals surface area contributed by atoms with Crippen LogP contribution >= 0.6 is 0 Å². The highest BCUT2D eigenvalue weighted by Gasteiger charge is 2.31. The summed E-state index contributed by atoms with van der Waals surface area (Å²) < 4.78 is 39.0. The topological polar surface area (TPSA) is 74.8 Å². The standard InChI is InChI=1S/C20H18F3N5O/c21-20(22,23)15-5-1-3-13(9-15)17-10-24-11-18(26-17)14-4-2-8-28(12-14)19(29)16-6-7-25-27-16/h1,3,5-7,9-11,14H,2,4,8,12H2,(H,25,27)/t14-/m0/s1. The largest absolute Gasteiger partial charge is 0.416 e. The number of halogens is 3. The Morgan fingerprint density at radius 3 is 2.83 bits per heavy atom. The minimum Gasteiger partial charge on any atom is -0.337 e. The maximum Gasteiger partial charge on any atom is 0.416 e. The van der Waals surface area contributed by atoms with Crippen molar-refractivity contribution in [3.63, 3.8) is 0 Å². The van der Waals surface area contributed by atoms with Gasteiger partial charge in [0.15, 0.2) is 0 Å². The van der Waals surface area contributed by atoms with Gasteiger partial charge >= 0.3 is 6.18 Å². The molecular formula is C20H18F3N5O. The number of alkyl halides is 3. The second kappa shape index (κ2) is 7.65. The number of aromatic nitrogens is 4. The minimum absolute atomic E-state index is 0.0335. The first-order chi connectivity index (χ1) is 13.9. The van der Waals surface area contributed by atoms with Crippen LogP contribution in [0.4, 0.5) is 13.2 Å². The van der Waals surface area contributed by atoms with Gasteiger partial charge in [-0.05, 0) is 31.0 Å². The maximum absolute atomic E-state index is 13.0. The number of carbonyl (C=O) groups is 1. The molecule has 0 spiro atoms. The number of hydrogen-bond acceptors (Lipinski definition) is 4. The summed E-state index contributed by atoms with van der Waals surface area (Å²) in [5.41, 5.74) is 1.11. The zero-order valence-electron chi connectivity index (χ0n) is 15.4. The molecular weight excluding hydrogens is 383 g/mol. The molecule has 1 fully saturated rings. The number of rotatable bonds is 3. The highest BCUT2D eigenvalue weighted by Crippen LogP contribution is 2.32. The number of benzene rings is 1. The van der Waals surface area contributed by atoms with Crippen molar-refractivity contribution in [1.82, 2.24) is 25.1 Å². The zero-order chi connectivity index (χ0) is 20.4.